The summed E-state index contributed by atoms with van der Waals surface area (Å²) >= 11 is 0. The van der Waals surface area contributed by atoms with Crippen molar-refractivity contribution in [2.75, 3.05) is 26.2 Å². The quantitative estimate of drug-likeness (QED) is 0.627. The van der Waals surface area contributed by atoms with E-state index in [9.17, 15) is 4.79 Å². The van der Waals surface area contributed by atoms with E-state index in [0.717, 1.165) is 45.4 Å². The van der Waals surface area contributed by atoms with E-state index in [2.05, 4.69) is 29.4 Å². The van der Waals surface area contributed by atoms with E-state index < -0.39 is 0 Å². The zero-order valence-electron chi connectivity index (χ0n) is 12.9. The van der Waals surface area contributed by atoms with Gasteiger partial charge in [0.2, 0.25) is 5.91 Å². The lowest BCUT2D eigenvalue weighted by molar-refractivity contribution is -0.126. The fraction of sp³-hybridized carbons (Fsp3) is 0.933. The van der Waals surface area contributed by atoms with E-state index in [1.807, 2.05) is 6.92 Å². The molecule has 2 N–H and O–H groups in total. The second kappa shape index (κ2) is 9.32. The molecule has 1 heterocycles. The zero-order chi connectivity index (χ0) is 14.1. The van der Waals surface area contributed by atoms with Gasteiger partial charge in [-0.15, -0.1) is 0 Å². The molecule has 1 aliphatic rings. The number of carbonyl (C=O) groups excluding carboxylic acids is 1. The summed E-state index contributed by atoms with van der Waals surface area (Å²) in [5.41, 5.74) is 0. The molecule has 1 saturated heterocycles. The van der Waals surface area contributed by atoms with Crippen LogP contribution in [0.3, 0.4) is 0 Å². The van der Waals surface area contributed by atoms with Gasteiger partial charge < -0.3 is 10.6 Å². The summed E-state index contributed by atoms with van der Waals surface area (Å²) < 4.78 is 0. The van der Waals surface area contributed by atoms with Crippen LogP contribution in [0.1, 0.15) is 52.9 Å². The maximum atomic E-state index is 12.1. The van der Waals surface area contributed by atoms with Crippen molar-refractivity contribution in [3.05, 3.63) is 0 Å². The molecule has 0 aromatic carbocycles. The molecule has 19 heavy (non-hydrogen) atoms. The Bertz CT molecular complexity index is 252. The van der Waals surface area contributed by atoms with Crippen molar-refractivity contribution in [3.63, 3.8) is 0 Å². The first-order valence-corrected chi connectivity index (χ1v) is 7.94. The molecule has 0 saturated carbocycles. The van der Waals surface area contributed by atoms with Gasteiger partial charge in [-0.3, -0.25) is 9.69 Å². The van der Waals surface area contributed by atoms with Crippen LogP contribution in [-0.2, 0) is 4.79 Å². The summed E-state index contributed by atoms with van der Waals surface area (Å²) in [6, 6.07) is 0.552. The topological polar surface area (TPSA) is 44.4 Å². The van der Waals surface area contributed by atoms with Crippen LogP contribution in [0.5, 0.6) is 0 Å². The average molecular weight is 269 g/mol. The highest BCUT2D eigenvalue weighted by molar-refractivity contribution is 5.81. The monoisotopic (exact) mass is 269 g/mol. The second-order valence-electron chi connectivity index (χ2n) is 5.61. The lowest BCUT2D eigenvalue weighted by Gasteiger charge is -2.30. The Balaban J connectivity index is 2.41. The molecule has 0 spiro atoms. The molecule has 112 valence electrons. The molecule has 0 aromatic rings. The summed E-state index contributed by atoms with van der Waals surface area (Å²) in [5.74, 6) is 0.180. The van der Waals surface area contributed by atoms with Crippen LogP contribution in [0.2, 0.25) is 0 Å². The summed E-state index contributed by atoms with van der Waals surface area (Å²) in [7, 11) is 0. The fourth-order valence-electron chi connectivity index (χ4n) is 2.63. The molecule has 0 aromatic heterocycles. The zero-order valence-corrected chi connectivity index (χ0v) is 12.9. The van der Waals surface area contributed by atoms with E-state index in [1.165, 1.54) is 12.8 Å². The molecule has 0 bridgehead atoms. The normalized spacial score (nSPS) is 20.7. The SMILES string of the molecule is CCCCNC(=O)C(C)N(CCC)CC1CCCN1. The molecule has 1 fully saturated rings. The highest BCUT2D eigenvalue weighted by Crippen LogP contribution is 2.10. The standard InChI is InChI=1S/C15H31N3O/c1-4-6-9-17-15(19)13(3)18(11-5-2)12-14-8-7-10-16-14/h13-14,16H,4-12H2,1-3H3,(H,17,19). The number of nitrogens with one attached hydrogen (secondary N) is 2. The van der Waals surface area contributed by atoms with E-state index in [1.54, 1.807) is 0 Å². The van der Waals surface area contributed by atoms with Crippen molar-refractivity contribution in [2.24, 2.45) is 0 Å². The highest BCUT2D eigenvalue weighted by atomic mass is 16.2. The van der Waals surface area contributed by atoms with Crippen molar-refractivity contribution < 1.29 is 4.79 Å². The Morgan fingerprint density at radius 1 is 1.42 bits per heavy atom. The van der Waals surface area contributed by atoms with Crippen molar-refractivity contribution in [3.8, 4) is 0 Å². The Kier molecular flexibility index (Phi) is 8.07. The number of carbonyl (C=O) groups is 1. The summed E-state index contributed by atoms with van der Waals surface area (Å²) in [6.45, 7) is 10.3. The van der Waals surface area contributed by atoms with Gasteiger partial charge in [-0.1, -0.05) is 20.3 Å². The lowest BCUT2D eigenvalue weighted by atomic mass is 10.1. The average Bonchev–Trinajstić information content (AvgIpc) is 2.90. The maximum absolute atomic E-state index is 12.1. The number of hydrogen-bond acceptors (Lipinski definition) is 3. The molecule has 0 aliphatic carbocycles. The van der Waals surface area contributed by atoms with E-state index in [4.69, 9.17) is 0 Å². The first kappa shape index (κ1) is 16.4. The summed E-state index contributed by atoms with van der Waals surface area (Å²) in [6.07, 6.45) is 5.79. The Morgan fingerprint density at radius 2 is 2.21 bits per heavy atom. The van der Waals surface area contributed by atoms with Gasteiger partial charge in [0.1, 0.15) is 0 Å². The van der Waals surface area contributed by atoms with Crippen molar-refractivity contribution in [1.82, 2.24) is 15.5 Å². The molecule has 0 radical (unpaired) electrons. The molecule has 1 aliphatic heterocycles. The molecule has 4 heteroatoms. The van der Waals surface area contributed by atoms with Crippen LogP contribution in [-0.4, -0.2) is 49.1 Å². The van der Waals surface area contributed by atoms with Crippen LogP contribution in [0.4, 0.5) is 0 Å². The minimum absolute atomic E-state index is 0.0146. The molecule has 1 amide bonds. The number of rotatable bonds is 9. The molecular weight excluding hydrogens is 238 g/mol. The Morgan fingerprint density at radius 3 is 2.79 bits per heavy atom. The van der Waals surface area contributed by atoms with Crippen LogP contribution >= 0.6 is 0 Å². The minimum atomic E-state index is -0.0146. The van der Waals surface area contributed by atoms with Gasteiger partial charge in [-0.25, -0.2) is 0 Å². The van der Waals surface area contributed by atoms with Crippen molar-refractivity contribution >= 4 is 5.91 Å². The first-order valence-electron chi connectivity index (χ1n) is 7.94. The van der Waals surface area contributed by atoms with Gasteiger partial charge in [0.05, 0.1) is 6.04 Å². The Labute approximate surface area is 118 Å². The molecule has 2 unspecified atom stereocenters. The van der Waals surface area contributed by atoms with Crippen molar-refractivity contribution in [1.29, 1.82) is 0 Å². The third kappa shape index (κ3) is 5.91. The van der Waals surface area contributed by atoms with E-state index >= 15 is 0 Å². The van der Waals surface area contributed by atoms with Crippen LogP contribution in [0.15, 0.2) is 0 Å². The number of hydrogen-bond donors (Lipinski definition) is 2. The number of unbranched alkanes of at least 4 members (excludes halogenated alkanes) is 1. The number of nitrogens with zero attached hydrogens (tertiary/aromatic N) is 1. The third-order valence-corrected chi connectivity index (χ3v) is 3.88. The van der Waals surface area contributed by atoms with Crippen LogP contribution < -0.4 is 10.6 Å². The van der Waals surface area contributed by atoms with Crippen molar-refractivity contribution in [2.45, 2.75) is 65.0 Å². The van der Waals surface area contributed by atoms with Gasteiger partial charge in [0.25, 0.3) is 0 Å². The lowest BCUT2D eigenvalue weighted by Crippen LogP contribution is -2.49. The molecule has 1 rings (SSSR count). The second-order valence-corrected chi connectivity index (χ2v) is 5.61. The largest absolute Gasteiger partial charge is 0.355 e. The van der Waals surface area contributed by atoms with Gasteiger partial charge in [-0.2, -0.15) is 0 Å². The Hall–Kier alpha value is -0.610. The first-order chi connectivity index (χ1) is 9.19. The maximum Gasteiger partial charge on any atom is 0.237 e. The number of amides is 1. The van der Waals surface area contributed by atoms with E-state index in [-0.39, 0.29) is 11.9 Å². The summed E-state index contributed by atoms with van der Waals surface area (Å²) in [5, 5.41) is 6.56. The van der Waals surface area contributed by atoms with Gasteiger partial charge in [-0.05, 0) is 45.7 Å². The third-order valence-electron chi connectivity index (χ3n) is 3.88. The van der Waals surface area contributed by atoms with Gasteiger partial charge >= 0.3 is 0 Å². The van der Waals surface area contributed by atoms with Crippen LogP contribution in [0, 0.1) is 0 Å². The minimum Gasteiger partial charge on any atom is -0.355 e. The van der Waals surface area contributed by atoms with Crippen LogP contribution in [0.25, 0.3) is 0 Å². The smallest absolute Gasteiger partial charge is 0.237 e. The van der Waals surface area contributed by atoms with Gasteiger partial charge in [0.15, 0.2) is 0 Å². The fourth-order valence-corrected chi connectivity index (χ4v) is 2.63. The predicted molar refractivity (Wildman–Crippen MR) is 80.3 cm³/mol. The molecular formula is C15H31N3O. The van der Waals surface area contributed by atoms with E-state index in [0.29, 0.717) is 6.04 Å². The highest BCUT2D eigenvalue weighted by Gasteiger charge is 2.24. The predicted octanol–water partition coefficient (Wildman–Crippen LogP) is 1.76. The molecule has 2 atom stereocenters. The van der Waals surface area contributed by atoms with Gasteiger partial charge in [0, 0.05) is 19.1 Å². The molecule has 4 nitrogen and oxygen atoms in total. The summed E-state index contributed by atoms with van der Waals surface area (Å²) in [4.78, 5) is 14.5.